The molecule has 1 N–H and O–H groups in total. The Morgan fingerprint density at radius 2 is 2.00 bits per heavy atom. The molecule has 0 fully saturated rings. The normalized spacial score (nSPS) is 12.2. The predicted octanol–water partition coefficient (Wildman–Crippen LogP) is 4.36. The van der Waals surface area contributed by atoms with Gasteiger partial charge in [-0.15, -0.1) is 0 Å². The molecule has 0 radical (unpaired) electrons. The molecule has 106 valence electrons. The van der Waals surface area contributed by atoms with E-state index in [9.17, 15) is 13.9 Å². The summed E-state index contributed by atoms with van der Waals surface area (Å²) in [5.41, 5.74) is 0.541. The quantitative estimate of drug-likeness (QED) is 0.836. The summed E-state index contributed by atoms with van der Waals surface area (Å²) in [7, 11) is 0. The van der Waals surface area contributed by atoms with Crippen molar-refractivity contribution in [3.63, 3.8) is 0 Å². The van der Waals surface area contributed by atoms with E-state index in [1.54, 1.807) is 31.2 Å². The van der Waals surface area contributed by atoms with Crippen LogP contribution in [0.15, 0.2) is 40.9 Å². The average Bonchev–Trinajstić information content (AvgIpc) is 2.43. The highest BCUT2D eigenvalue weighted by Crippen LogP contribution is 2.24. The van der Waals surface area contributed by atoms with E-state index >= 15 is 0 Å². The molecule has 0 saturated heterocycles. The number of rotatable bonds is 4. The molecule has 2 aromatic rings. The first kappa shape index (κ1) is 14.9. The summed E-state index contributed by atoms with van der Waals surface area (Å²) in [5.74, 6) is -0.878. The standard InChI is InChI=1S/C15H13BrF2O2/c1-9(19)10-3-2-4-11(7-10)20-8-12-14(17)6-5-13(16)15(12)18/h2-7,9,19H,8H2,1H3/t9-/m1/s1. The largest absolute Gasteiger partial charge is 0.489 e. The van der Waals surface area contributed by atoms with E-state index in [4.69, 9.17) is 4.74 Å². The van der Waals surface area contributed by atoms with Gasteiger partial charge in [0.15, 0.2) is 0 Å². The lowest BCUT2D eigenvalue weighted by molar-refractivity contribution is 0.198. The van der Waals surface area contributed by atoms with Crippen molar-refractivity contribution in [2.45, 2.75) is 19.6 Å². The molecular formula is C15H13BrF2O2. The minimum absolute atomic E-state index is 0.137. The van der Waals surface area contributed by atoms with Gasteiger partial charge in [0.1, 0.15) is 24.0 Å². The Balaban J connectivity index is 2.17. The van der Waals surface area contributed by atoms with Crippen LogP contribution in [0.2, 0.25) is 0 Å². The molecule has 0 aliphatic heterocycles. The van der Waals surface area contributed by atoms with Crippen molar-refractivity contribution < 1.29 is 18.6 Å². The molecule has 0 aliphatic carbocycles. The van der Waals surface area contributed by atoms with Crippen molar-refractivity contribution >= 4 is 15.9 Å². The molecule has 0 aliphatic rings. The van der Waals surface area contributed by atoms with E-state index in [0.717, 1.165) is 0 Å². The van der Waals surface area contributed by atoms with E-state index in [0.29, 0.717) is 11.3 Å². The van der Waals surface area contributed by atoms with Crippen LogP contribution >= 0.6 is 15.9 Å². The minimum Gasteiger partial charge on any atom is -0.489 e. The summed E-state index contributed by atoms with van der Waals surface area (Å²) in [6.45, 7) is 1.41. The van der Waals surface area contributed by atoms with Crippen molar-refractivity contribution in [3.05, 3.63) is 63.6 Å². The zero-order chi connectivity index (χ0) is 14.7. The van der Waals surface area contributed by atoms with Gasteiger partial charge in [-0.25, -0.2) is 8.78 Å². The van der Waals surface area contributed by atoms with Crippen LogP contribution in [0.3, 0.4) is 0 Å². The highest BCUT2D eigenvalue weighted by atomic mass is 79.9. The second-order valence-electron chi connectivity index (χ2n) is 4.36. The third-order valence-corrected chi connectivity index (χ3v) is 3.48. The fourth-order valence-electron chi connectivity index (χ4n) is 1.72. The van der Waals surface area contributed by atoms with Gasteiger partial charge in [-0.05, 0) is 52.7 Å². The van der Waals surface area contributed by atoms with Crippen molar-refractivity contribution in [1.82, 2.24) is 0 Å². The highest BCUT2D eigenvalue weighted by Gasteiger charge is 2.13. The van der Waals surface area contributed by atoms with Gasteiger partial charge in [-0.2, -0.15) is 0 Å². The molecule has 0 amide bonds. The van der Waals surface area contributed by atoms with Crippen LogP contribution in [0, 0.1) is 11.6 Å². The van der Waals surface area contributed by atoms with Crippen LogP contribution < -0.4 is 4.74 Å². The van der Waals surface area contributed by atoms with Crippen LogP contribution in [-0.2, 0) is 6.61 Å². The summed E-state index contributed by atoms with van der Waals surface area (Å²) in [5, 5.41) is 9.48. The maximum Gasteiger partial charge on any atom is 0.146 e. The summed E-state index contributed by atoms with van der Waals surface area (Å²) < 4.78 is 32.9. The Morgan fingerprint density at radius 3 is 2.70 bits per heavy atom. The molecule has 5 heteroatoms. The third-order valence-electron chi connectivity index (χ3n) is 2.86. The second kappa shape index (κ2) is 6.33. The maximum absolute atomic E-state index is 13.8. The molecule has 2 nitrogen and oxygen atoms in total. The van der Waals surface area contributed by atoms with Gasteiger partial charge < -0.3 is 9.84 Å². The molecule has 2 aromatic carbocycles. The molecule has 2 rings (SSSR count). The van der Waals surface area contributed by atoms with Crippen LogP contribution in [0.4, 0.5) is 8.78 Å². The Bertz CT molecular complexity index is 615. The first-order chi connectivity index (χ1) is 9.49. The van der Waals surface area contributed by atoms with Gasteiger partial charge in [-0.1, -0.05) is 12.1 Å². The lowest BCUT2D eigenvalue weighted by atomic mass is 10.1. The van der Waals surface area contributed by atoms with Crippen LogP contribution in [0.5, 0.6) is 5.75 Å². The smallest absolute Gasteiger partial charge is 0.146 e. The molecule has 0 heterocycles. The molecule has 0 unspecified atom stereocenters. The molecule has 0 bridgehead atoms. The summed E-state index contributed by atoms with van der Waals surface area (Å²) >= 11 is 3.01. The summed E-state index contributed by atoms with van der Waals surface area (Å²) in [6.07, 6.45) is -0.627. The Kier molecular flexibility index (Phi) is 4.73. The Labute approximate surface area is 124 Å². The zero-order valence-electron chi connectivity index (χ0n) is 10.7. The van der Waals surface area contributed by atoms with E-state index in [-0.39, 0.29) is 16.6 Å². The van der Waals surface area contributed by atoms with Crippen molar-refractivity contribution in [1.29, 1.82) is 0 Å². The van der Waals surface area contributed by atoms with Gasteiger partial charge in [-0.3, -0.25) is 0 Å². The topological polar surface area (TPSA) is 29.5 Å². The molecular weight excluding hydrogens is 330 g/mol. The van der Waals surface area contributed by atoms with Crippen molar-refractivity contribution in [3.8, 4) is 5.75 Å². The number of halogens is 3. The molecule has 20 heavy (non-hydrogen) atoms. The molecule has 0 saturated carbocycles. The van der Waals surface area contributed by atoms with Gasteiger partial charge >= 0.3 is 0 Å². The van der Waals surface area contributed by atoms with Gasteiger partial charge in [0.25, 0.3) is 0 Å². The number of benzene rings is 2. The van der Waals surface area contributed by atoms with Crippen LogP contribution in [-0.4, -0.2) is 5.11 Å². The minimum atomic E-state index is -0.670. The number of aliphatic hydroxyl groups excluding tert-OH is 1. The summed E-state index contributed by atoms with van der Waals surface area (Å²) in [4.78, 5) is 0. The Morgan fingerprint density at radius 1 is 1.25 bits per heavy atom. The van der Waals surface area contributed by atoms with E-state index in [1.807, 2.05) is 0 Å². The lowest BCUT2D eigenvalue weighted by Crippen LogP contribution is -2.03. The van der Waals surface area contributed by atoms with Gasteiger partial charge in [0.2, 0.25) is 0 Å². The van der Waals surface area contributed by atoms with Crippen molar-refractivity contribution in [2.24, 2.45) is 0 Å². The maximum atomic E-state index is 13.8. The second-order valence-corrected chi connectivity index (χ2v) is 5.21. The third kappa shape index (κ3) is 3.35. The first-order valence-electron chi connectivity index (χ1n) is 6.02. The monoisotopic (exact) mass is 342 g/mol. The van der Waals surface area contributed by atoms with Gasteiger partial charge in [0, 0.05) is 0 Å². The van der Waals surface area contributed by atoms with Crippen LogP contribution in [0.1, 0.15) is 24.2 Å². The number of aliphatic hydroxyl groups is 1. The average molecular weight is 343 g/mol. The highest BCUT2D eigenvalue weighted by molar-refractivity contribution is 9.10. The Hall–Kier alpha value is -1.46. The van der Waals surface area contributed by atoms with Gasteiger partial charge in [0.05, 0.1) is 16.1 Å². The predicted molar refractivity (Wildman–Crippen MR) is 75.5 cm³/mol. The number of ether oxygens (including phenoxy) is 1. The zero-order valence-corrected chi connectivity index (χ0v) is 12.3. The fraction of sp³-hybridized carbons (Fsp3) is 0.200. The number of hydrogen-bond donors (Lipinski definition) is 1. The summed E-state index contributed by atoms with van der Waals surface area (Å²) in [6, 6.07) is 9.25. The first-order valence-corrected chi connectivity index (χ1v) is 6.81. The number of hydrogen-bond acceptors (Lipinski definition) is 2. The fourth-order valence-corrected chi connectivity index (χ4v) is 2.09. The molecule has 0 spiro atoms. The SMILES string of the molecule is C[C@@H](O)c1cccc(OCc2c(F)ccc(Br)c2F)c1. The van der Waals surface area contributed by atoms with E-state index in [2.05, 4.69) is 15.9 Å². The molecule has 0 aromatic heterocycles. The van der Waals surface area contributed by atoms with Crippen LogP contribution in [0.25, 0.3) is 0 Å². The van der Waals surface area contributed by atoms with Crippen molar-refractivity contribution in [2.75, 3.05) is 0 Å². The van der Waals surface area contributed by atoms with E-state index in [1.165, 1.54) is 12.1 Å². The molecule has 1 atom stereocenters. The lowest BCUT2D eigenvalue weighted by Gasteiger charge is -2.11. The van der Waals surface area contributed by atoms with E-state index < -0.39 is 17.7 Å².